The first-order chi connectivity index (χ1) is 14.0. The highest BCUT2D eigenvalue weighted by atomic mass is 35.5. The van der Waals surface area contributed by atoms with Crippen LogP contribution in [0.25, 0.3) is 22.2 Å². The number of H-pyrrole nitrogens is 1. The van der Waals surface area contributed by atoms with Crippen molar-refractivity contribution < 1.29 is 4.79 Å². The Balaban J connectivity index is 1.84. The van der Waals surface area contributed by atoms with Crippen LogP contribution in [-0.2, 0) is 0 Å². The number of fused-ring (bicyclic) bond motifs is 1. The average molecular weight is 424 g/mol. The van der Waals surface area contributed by atoms with Crippen molar-refractivity contribution in [2.75, 3.05) is 5.32 Å². The van der Waals surface area contributed by atoms with E-state index in [4.69, 9.17) is 23.2 Å². The molecule has 0 saturated carbocycles. The van der Waals surface area contributed by atoms with Crippen molar-refractivity contribution in [2.45, 2.75) is 6.92 Å². The molecule has 0 aliphatic carbocycles. The molecule has 144 valence electrons. The molecule has 0 bridgehead atoms. The van der Waals surface area contributed by atoms with Gasteiger partial charge in [-0.25, -0.2) is 0 Å². The number of aromatic amines is 1. The number of pyridine rings is 2. The second-order valence-corrected chi connectivity index (χ2v) is 7.32. The predicted octanol–water partition coefficient (Wildman–Crippen LogP) is 5.46. The van der Waals surface area contributed by atoms with Gasteiger partial charge in [-0.1, -0.05) is 41.4 Å². The molecule has 2 N–H and O–H groups in total. The van der Waals surface area contributed by atoms with Gasteiger partial charge in [-0.15, -0.1) is 0 Å². The highest BCUT2D eigenvalue weighted by molar-refractivity contribution is 6.40. The number of carbonyl (C=O) groups is 1. The third-order valence-electron chi connectivity index (χ3n) is 4.57. The van der Waals surface area contributed by atoms with Gasteiger partial charge in [0.25, 0.3) is 5.91 Å². The zero-order valence-electron chi connectivity index (χ0n) is 15.3. The van der Waals surface area contributed by atoms with Gasteiger partial charge in [0.1, 0.15) is 0 Å². The number of rotatable bonds is 3. The molecule has 0 unspecified atom stereocenters. The lowest BCUT2D eigenvalue weighted by molar-refractivity contribution is 0.102. The number of halogens is 2. The van der Waals surface area contributed by atoms with Crippen LogP contribution < -0.4 is 10.7 Å². The topological polar surface area (TPSA) is 74.8 Å². The van der Waals surface area contributed by atoms with Crippen molar-refractivity contribution in [3.63, 3.8) is 0 Å². The first-order valence-corrected chi connectivity index (χ1v) is 9.54. The maximum absolute atomic E-state index is 12.8. The van der Waals surface area contributed by atoms with E-state index in [-0.39, 0.29) is 21.0 Å². The fraction of sp³-hybridized carbons (Fsp3) is 0.0455. The molecule has 0 spiro atoms. The second kappa shape index (κ2) is 7.70. The molecule has 4 aromatic rings. The smallest absolute Gasteiger partial charge is 0.258 e. The van der Waals surface area contributed by atoms with E-state index < -0.39 is 5.91 Å². The van der Waals surface area contributed by atoms with Crippen molar-refractivity contribution in [1.29, 1.82) is 0 Å². The Morgan fingerprint density at radius 1 is 1.07 bits per heavy atom. The summed E-state index contributed by atoms with van der Waals surface area (Å²) >= 11 is 12.3. The van der Waals surface area contributed by atoms with Crippen LogP contribution in [0, 0.1) is 6.92 Å². The Bertz CT molecular complexity index is 1290. The van der Waals surface area contributed by atoms with E-state index in [9.17, 15) is 9.59 Å². The van der Waals surface area contributed by atoms with Gasteiger partial charge in [-0.3, -0.25) is 14.6 Å². The Morgan fingerprint density at radius 3 is 2.52 bits per heavy atom. The third kappa shape index (κ3) is 3.62. The number of aryl methyl sites for hydroxylation is 1. The van der Waals surface area contributed by atoms with E-state index in [0.29, 0.717) is 16.9 Å². The van der Waals surface area contributed by atoms with E-state index >= 15 is 0 Å². The van der Waals surface area contributed by atoms with Crippen LogP contribution in [0.3, 0.4) is 0 Å². The number of benzene rings is 2. The van der Waals surface area contributed by atoms with Gasteiger partial charge in [0.05, 0.1) is 32.5 Å². The van der Waals surface area contributed by atoms with Gasteiger partial charge in [0, 0.05) is 35.5 Å². The Kier molecular flexibility index (Phi) is 5.09. The summed E-state index contributed by atoms with van der Waals surface area (Å²) in [5.74, 6) is -0.426. The summed E-state index contributed by atoms with van der Waals surface area (Å²) in [6, 6.07) is 13.4. The molecule has 7 heteroatoms. The van der Waals surface area contributed by atoms with Gasteiger partial charge in [0.2, 0.25) is 0 Å². The molecule has 4 rings (SSSR count). The predicted molar refractivity (Wildman–Crippen MR) is 117 cm³/mol. The zero-order chi connectivity index (χ0) is 20.5. The monoisotopic (exact) mass is 423 g/mol. The van der Waals surface area contributed by atoms with Crippen molar-refractivity contribution >= 4 is 45.7 Å². The molecule has 0 aliphatic rings. The summed E-state index contributed by atoms with van der Waals surface area (Å²) in [5, 5.41) is 4.18. The van der Waals surface area contributed by atoms with Crippen LogP contribution in [0.1, 0.15) is 15.9 Å². The van der Waals surface area contributed by atoms with Gasteiger partial charge in [-0.05, 0) is 30.7 Å². The minimum Gasteiger partial charge on any atom is -0.361 e. The van der Waals surface area contributed by atoms with Crippen LogP contribution in [-0.4, -0.2) is 15.9 Å². The lowest BCUT2D eigenvalue weighted by Crippen LogP contribution is -2.13. The standard InChI is InChI=1S/C22H15Cl2N3O2/c1-12-11-26-21-14(19(12)18-10-13(28)8-9-25-18)4-2-7-17(21)27-22(29)20-15(23)5-3-6-16(20)24/h2-11H,1H3,(H,25,28)(H,27,29). The number of nitrogens with zero attached hydrogens (tertiary/aromatic N) is 1. The van der Waals surface area contributed by atoms with E-state index in [2.05, 4.69) is 15.3 Å². The number of amides is 1. The molecule has 0 atom stereocenters. The second-order valence-electron chi connectivity index (χ2n) is 6.51. The van der Waals surface area contributed by atoms with Crippen molar-refractivity contribution in [3.05, 3.63) is 92.3 Å². The molecule has 2 aromatic carbocycles. The Labute approximate surface area is 176 Å². The van der Waals surface area contributed by atoms with E-state index in [1.54, 1.807) is 36.7 Å². The van der Waals surface area contributed by atoms with E-state index in [0.717, 1.165) is 16.5 Å². The first kappa shape index (κ1) is 19.2. The third-order valence-corrected chi connectivity index (χ3v) is 5.20. The number of hydrogen-bond donors (Lipinski definition) is 2. The molecular formula is C22H15Cl2N3O2. The number of hydrogen-bond acceptors (Lipinski definition) is 3. The fourth-order valence-corrected chi connectivity index (χ4v) is 3.84. The molecule has 0 fully saturated rings. The molecule has 2 heterocycles. The van der Waals surface area contributed by atoms with Crippen molar-refractivity contribution in [3.8, 4) is 11.3 Å². The molecule has 0 aliphatic heterocycles. The number of aromatic nitrogens is 2. The maximum Gasteiger partial charge on any atom is 0.258 e. The lowest BCUT2D eigenvalue weighted by atomic mass is 10.00. The summed E-state index contributed by atoms with van der Waals surface area (Å²) in [4.78, 5) is 32.3. The van der Waals surface area contributed by atoms with Crippen LogP contribution in [0.5, 0.6) is 0 Å². The van der Waals surface area contributed by atoms with Crippen LogP contribution in [0.4, 0.5) is 5.69 Å². The molecule has 29 heavy (non-hydrogen) atoms. The maximum atomic E-state index is 12.8. The SMILES string of the molecule is Cc1cnc2c(NC(=O)c3c(Cl)cccc3Cl)cccc2c1-c1cc(=O)cc[nH]1. The minimum atomic E-state index is -0.426. The number of para-hydroxylation sites is 1. The van der Waals surface area contributed by atoms with E-state index in [1.807, 2.05) is 19.1 Å². The van der Waals surface area contributed by atoms with Crippen LogP contribution in [0.2, 0.25) is 10.0 Å². The van der Waals surface area contributed by atoms with Gasteiger partial charge in [0.15, 0.2) is 5.43 Å². The summed E-state index contributed by atoms with van der Waals surface area (Å²) in [6.07, 6.45) is 3.31. The Hall–Kier alpha value is -3.15. The van der Waals surface area contributed by atoms with Gasteiger partial charge >= 0.3 is 0 Å². The van der Waals surface area contributed by atoms with Crippen molar-refractivity contribution in [1.82, 2.24) is 9.97 Å². The van der Waals surface area contributed by atoms with Crippen molar-refractivity contribution in [2.24, 2.45) is 0 Å². The quantitative estimate of drug-likeness (QED) is 0.459. The first-order valence-electron chi connectivity index (χ1n) is 8.78. The molecule has 1 amide bonds. The fourth-order valence-electron chi connectivity index (χ4n) is 3.27. The molecule has 5 nitrogen and oxygen atoms in total. The number of carbonyl (C=O) groups excluding carboxylic acids is 1. The zero-order valence-corrected chi connectivity index (χ0v) is 16.8. The molecular weight excluding hydrogens is 409 g/mol. The highest BCUT2D eigenvalue weighted by Crippen LogP contribution is 2.33. The normalized spacial score (nSPS) is 10.9. The minimum absolute atomic E-state index is 0.0964. The molecule has 0 saturated heterocycles. The highest BCUT2D eigenvalue weighted by Gasteiger charge is 2.17. The van der Waals surface area contributed by atoms with Crippen LogP contribution in [0.15, 0.2) is 65.7 Å². The van der Waals surface area contributed by atoms with Crippen LogP contribution >= 0.6 is 23.2 Å². The molecule has 2 aromatic heterocycles. The summed E-state index contributed by atoms with van der Waals surface area (Å²) < 4.78 is 0. The molecule has 0 radical (unpaired) electrons. The van der Waals surface area contributed by atoms with Gasteiger partial charge < -0.3 is 10.3 Å². The number of nitrogens with one attached hydrogen (secondary N) is 2. The summed E-state index contributed by atoms with van der Waals surface area (Å²) in [6.45, 7) is 1.92. The largest absolute Gasteiger partial charge is 0.361 e. The van der Waals surface area contributed by atoms with Gasteiger partial charge in [-0.2, -0.15) is 0 Å². The summed E-state index contributed by atoms with van der Waals surface area (Å²) in [5.41, 5.74) is 3.64. The average Bonchev–Trinajstić information content (AvgIpc) is 2.68. The Morgan fingerprint density at radius 2 is 1.79 bits per heavy atom. The number of anilines is 1. The van der Waals surface area contributed by atoms with E-state index in [1.165, 1.54) is 12.1 Å². The lowest BCUT2D eigenvalue weighted by Gasteiger charge is -2.14. The summed E-state index contributed by atoms with van der Waals surface area (Å²) in [7, 11) is 0.